The first-order valence-corrected chi connectivity index (χ1v) is 8.53. The van der Waals surface area contributed by atoms with Gasteiger partial charge in [0, 0.05) is 16.5 Å². The van der Waals surface area contributed by atoms with Gasteiger partial charge in [-0.15, -0.1) is 11.3 Å². The van der Waals surface area contributed by atoms with Crippen LogP contribution in [0.25, 0.3) is 11.1 Å². The summed E-state index contributed by atoms with van der Waals surface area (Å²) in [5, 5.41) is 24.5. The zero-order valence-corrected chi connectivity index (χ0v) is 14.3. The Hall–Kier alpha value is -2.41. The molecule has 1 aromatic heterocycles. The van der Waals surface area contributed by atoms with Crippen molar-refractivity contribution in [2.24, 2.45) is 0 Å². The van der Waals surface area contributed by atoms with Gasteiger partial charge in [-0.3, -0.25) is 0 Å². The van der Waals surface area contributed by atoms with E-state index in [-0.39, 0.29) is 15.6 Å². The number of carboxylic acids is 1. The second kappa shape index (κ2) is 7.23. The molecule has 0 fully saturated rings. The molecule has 0 saturated heterocycles. The number of aliphatic hydroxyl groups excluding tert-OH is 1. The molecule has 4 nitrogen and oxygen atoms in total. The maximum Gasteiger partial charge on any atom is 0.339 e. The molecule has 0 saturated carbocycles. The van der Waals surface area contributed by atoms with E-state index < -0.39 is 18.0 Å². The Labute approximate surface area is 152 Å². The second-order valence-electron chi connectivity index (χ2n) is 5.25. The second-order valence-corrected chi connectivity index (χ2v) is 6.53. The van der Waals surface area contributed by atoms with E-state index in [0.29, 0.717) is 16.7 Å². The summed E-state index contributed by atoms with van der Waals surface area (Å²) in [6, 6.07) is 12.9. The van der Waals surface area contributed by atoms with Gasteiger partial charge >= 0.3 is 5.97 Å². The standard InChI is InChI=1S/C18H13ClFNO3S/c19-13-7-6-11(8-14(13)20)12-9-25-17(15(12)18(23)24)21-16(22)10-4-2-1-3-5-10/h1-9,16,21-22H,(H,23,24). The number of benzene rings is 2. The molecule has 0 spiro atoms. The molecule has 1 heterocycles. The molecule has 0 aliphatic heterocycles. The molecule has 0 radical (unpaired) electrons. The molecule has 128 valence electrons. The van der Waals surface area contributed by atoms with Crippen LogP contribution in [0.3, 0.4) is 0 Å². The van der Waals surface area contributed by atoms with Crippen LogP contribution < -0.4 is 5.32 Å². The van der Waals surface area contributed by atoms with Crippen LogP contribution >= 0.6 is 22.9 Å². The van der Waals surface area contributed by atoms with E-state index in [1.165, 1.54) is 12.1 Å². The number of aliphatic hydroxyl groups is 1. The lowest BCUT2D eigenvalue weighted by Gasteiger charge is -2.14. The highest BCUT2D eigenvalue weighted by molar-refractivity contribution is 7.15. The SMILES string of the molecule is O=C(O)c1c(-c2ccc(Cl)c(F)c2)csc1NC(O)c1ccccc1. The van der Waals surface area contributed by atoms with Gasteiger partial charge in [-0.05, 0) is 17.7 Å². The summed E-state index contributed by atoms with van der Waals surface area (Å²) in [5.74, 6) is -1.80. The van der Waals surface area contributed by atoms with Gasteiger partial charge in [-0.1, -0.05) is 48.0 Å². The van der Waals surface area contributed by atoms with Gasteiger partial charge in [0.2, 0.25) is 0 Å². The molecule has 3 aromatic rings. The summed E-state index contributed by atoms with van der Waals surface area (Å²) in [6.07, 6.45) is -1.06. The van der Waals surface area contributed by atoms with Crippen molar-refractivity contribution in [3.8, 4) is 11.1 Å². The molecule has 3 rings (SSSR count). The molecular formula is C18H13ClFNO3S. The van der Waals surface area contributed by atoms with Gasteiger partial charge in [0.25, 0.3) is 0 Å². The summed E-state index contributed by atoms with van der Waals surface area (Å²) in [5.41, 5.74) is 1.33. The van der Waals surface area contributed by atoms with Crippen LogP contribution in [0.15, 0.2) is 53.9 Å². The Morgan fingerprint density at radius 3 is 2.56 bits per heavy atom. The van der Waals surface area contributed by atoms with Crippen molar-refractivity contribution in [3.05, 3.63) is 75.9 Å². The van der Waals surface area contributed by atoms with Crippen molar-refractivity contribution >= 4 is 33.9 Å². The maximum absolute atomic E-state index is 13.7. The highest BCUT2D eigenvalue weighted by Crippen LogP contribution is 2.37. The van der Waals surface area contributed by atoms with Crippen LogP contribution in [0.5, 0.6) is 0 Å². The Kier molecular flexibility index (Phi) is 5.03. The molecule has 2 aromatic carbocycles. The average molecular weight is 378 g/mol. The Balaban J connectivity index is 1.97. The van der Waals surface area contributed by atoms with Gasteiger partial charge < -0.3 is 15.5 Å². The quantitative estimate of drug-likeness (QED) is 0.547. The van der Waals surface area contributed by atoms with Gasteiger partial charge in [0.05, 0.1) is 5.02 Å². The molecule has 0 bridgehead atoms. The fourth-order valence-corrected chi connectivity index (χ4v) is 3.50. The minimum Gasteiger partial charge on any atom is -0.478 e. The molecule has 0 amide bonds. The van der Waals surface area contributed by atoms with Crippen LogP contribution in [0.1, 0.15) is 22.1 Å². The molecule has 0 aliphatic rings. The molecule has 25 heavy (non-hydrogen) atoms. The van der Waals surface area contributed by atoms with E-state index in [4.69, 9.17) is 11.6 Å². The van der Waals surface area contributed by atoms with E-state index >= 15 is 0 Å². The predicted molar refractivity (Wildman–Crippen MR) is 96.7 cm³/mol. The number of hydrogen-bond donors (Lipinski definition) is 3. The van der Waals surface area contributed by atoms with E-state index in [2.05, 4.69) is 5.32 Å². The number of rotatable bonds is 5. The molecule has 1 unspecified atom stereocenters. The normalized spacial score (nSPS) is 12.0. The monoisotopic (exact) mass is 377 g/mol. The lowest BCUT2D eigenvalue weighted by molar-refractivity contribution is 0.0699. The van der Waals surface area contributed by atoms with Crippen LogP contribution in [0, 0.1) is 5.82 Å². The van der Waals surface area contributed by atoms with Crippen LogP contribution in [-0.2, 0) is 0 Å². The van der Waals surface area contributed by atoms with Crippen molar-refractivity contribution < 1.29 is 19.4 Å². The summed E-state index contributed by atoms with van der Waals surface area (Å²) in [7, 11) is 0. The van der Waals surface area contributed by atoms with Crippen LogP contribution in [0.4, 0.5) is 9.39 Å². The highest BCUT2D eigenvalue weighted by atomic mass is 35.5. The van der Waals surface area contributed by atoms with Gasteiger partial charge in [0.15, 0.2) is 6.23 Å². The smallest absolute Gasteiger partial charge is 0.339 e. The average Bonchev–Trinajstić information content (AvgIpc) is 3.02. The maximum atomic E-state index is 13.7. The summed E-state index contributed by atoms with van der Waals surface area (Å²) in [6.45, 7) is 0. The third kappa shape index (κ3) is 3.66. The topological polar surface area (TPSA) is 69.6 Å². The number of carboxylic acid groups (broad SMARTS) is 1. The fraction of sp³-hybridized carbons (Fsp3) is 0.0556. The number of halogens is 2. The minimum absolute atomic E-state index is 0.0262. The molecule has 0 aliphatic carbocycles. The predicted octanol–water partition coefficient (Wildman–Crippen LogP) is 5.01. The molecular weight excluding hydrogens is 365 g/mol. The lowest BCUT2D eigenvalue weighted by atomic mass is 10.0. The first-order valence-electron chi connectivity index (χ1n) is 7.27. The van der Waals surface area contributed by atoms with Gasteiger partial charge in [0.1, 0.15) is 16.4 Å². The first-order chi connectivity index (χ1) is 12.0. The molecule has 1 atom stereocenters. The number of carbonyl (C=O) groups is 1. The van der Waals surface area contributed by atoms with E-state index in [0.717, 1.165) is 11.3 Å². The third-order valence-corrected chi connectivity index (χ3v) is 4.84. The number of nitrogens with one attached hydrogen (secondary N) is 1. The number of thiophene rings is 1. The zero-order chi connectivity index (χ0) is 18.0. The third-order valence-electron chi connectivity index (χ3n) is 3.62. The zero-order valence-electron chi connectivity index (χ0n) is 12.7. The number of anilines is 1. The lowest BCUT2D eigenvalue weighted by Crippen LogP contribution is -2.11. The minimum atomic E-state index is -1.17. The van der Waals surface area contributed by atoms with Crippen molar-refractivity contribution in [2.75, 3.05) is 5.32 Å². The fourth-order valence-electron chi connectivity index (χ4n) is 2.40. The summed E-state index contributed by atoms with van der Waals surface area (Å²) >= 11 is 6.80. The molecule has 3 N–H and O–H groups in total. The van der Waals surface area contributed by atoms with Gasteiger partial charge in [-0.2, -0.15) is 0 Å². The Morgan fingerprint density at radius 1 is 1.20 bits per heavy atom. The Morgan fingerprint density at radius 2 is 1.92 bits per heavy atom. The largest absolute Gasteiger partial charge is 0.478 e. The van der Waals surface area contributed by atoms with Crippen molar-refractivity contribution in [1.29, 1.82) is 0 Å². The molecule has 7 heteroatoms. The van der Waals surface area contributed by atoms with Crippen molar-refractivity contribution in [2.45, 2.75) is 6.23 Å². The van der Waals surface area contributed by atoms with Crippen LogP contribution in [0.2, 0.25) is 5.02 Å². The van der Waals surface area contributed by atoms with Crippen molar-refractivity contribution in [1.82, 2.24) is 0 Å². The van der Waals surface area contributed by atoms with E-state index in [9.17, 15) is 19.4 Å². The van der Waals surface area contributed by atoms with Gasteiger partial charge in [-0.25, -0.2) is 9.18 Å². The Bertz CT molecular complexity index is 914. The van der Waals surface area contributed by atoms with E-state index in [1.807, 2.05) is 6.07 Å². The van der Waals surface area contributed by atoms with Crippen LogP contribution in [-0.4, -0.2) is 16.2 Å². The van der Waals surface area contributed by atoms with E-state index in [1.54, 1.807) is 35.7 Å². The highest BCUT2D eigenvalue weighted by Gasteiger charge is 2.22. The number of hydrogen-bond acceptors (Lipinski definition) is 4. The summed E-state index contributed by atoms with van der Waals surface area (Å²) in [4.78, 5) is 11.7. The summed E-state index contributed by atoms with van der Waals surface area (Å²) < 4.78 is 13.7. The number of aromatic carboxylic acids is 1. The first kappa shape index (κ1) is 17.4. The van der Waals surface area contributed by atoms with Crippen molar-refractivity contribution in [3.63, 3.8) is 0 Å².